The number of nitro benzene ring substituents is 1. The van der Waals surface area contributed by atoms with Gasteiger partial charge in [-0.2, -0.15) is 0 Å². The van der Waals surface area contributed by atoms with Crippen LogP contribution in [0, 0.1) is 10.1 Å². The molecule has 0 amide bonds. The number of likely N-dealkylation sites (tertiary alicyclic amines) is 1. The molecular formula is C18H18N4O2Se. The molecule has 1 saturated heterocycles. The monoisotopic (exact) mass is 402 g/mol. The Kier molecular flexibility index (Phi) is 4.07. The van der Waals surface area contributed by atoms with Crippen molar-refractivity contribution in [1.29, 1.82) is 0 Å². The standard InChI is InChI=1S/C18H18N4O2Se/c1-20-13-5-12-18(20)21(15-6-3-2-4-7-15)19-17(25-18)14-8-10-16(11-9-14)22(23)24/h2-4,6-11H,5,12-13H2,1H3. The summed E-state index contributed by atoms with van der Waals surface area (Å²) in [5, 5.41) is 18.0. The van der Waals surface area contributed by atoms with Crippen LogP contribution in [0.2, 0.25) is 0 Å². The molecular weight excluding hydrogens is 383 g/mol. The van der Waals surface area contributed by atoms with Gasteiger partial charge in [-0.3, -0.25) is 0 Å². The molecule has 1 spiro atoms. The Hall–Kier alpha value is -2.21. The first-order valence-corrected chi connectivity index (χ1v) is 9.90. The fraction of sp³-hybridized carbons (Fsp3) is 0.278. The number of hydrogen-bond acceptors (Lipinski definition) is 5. The van der Waals surface area contributed by atoms with Crippen molar-refractivity contribution >= 4 is 30.9 Å². The Labute approximate surface area is 152 Å². The number of nitrogens with zero attached hydrogens (tertiary/aromatic N) is 4. The number of anilines is 1. The Morgan fingerprint density at radius 2 is 1.88 bits per heavy atom. The molecule has 0 N–H and O–H groups in total. The third-order valence-electron chi connectivity index (χ3n) is 4.70. The Balaban J connectivity index is 1.73. The summed E-state index contributed by atoms with van der Waals surface area (Å²) >= 11 is 0.129. The van der Waals surface area contributed by atoms with Crippen molar-refractivity contribution in [2.75, 3.05) is 18.6 Å². The summed E-state index contributed by atoms with van der Waals surface area (Å²) in [4.78, 5) is 12.9. The van der Waals surface area contributed by atoms with Crippen molar-refractivity contribution in [2.24, 2.45) is 5.10 Å². The van der Waals surface area contributed by atoms with Gasteiger partial charge in [0.1, 0.15) is 0 Å². The molecule has 2 aromatic rings. The number of nitro groups is 1. The SMILES string of the molecule is CN1CCCC12[Se]C(c1ccc([N+](=O)[O-])cc1)=NN2c1ccccc1. The molecule has 0 saturated carbocycles. The van der Waals surface area contributed by atoms with Gasteiger partial charge < -0.3 is 0 Å². The summed E-state index contributed by atoms with van der Waals surface area (Å²) in [7, 11) is 2.17. The zero-order chi connectivity index (χ0) is 17.4. The van der Waals surface area contributed by atoms with Gasteiger partial charge in [0.15, 0.2) is 0 Å². The van der Waals surface area contributed by atoms with E-state index in [9.17, 15) is 10.1 Å². The molecule has 2 aliphatic rings. The van der Waals surface area contributed by atoms with Crippen molar-refractivity contribution in [1.82, 2.24) is 4.90 Å². The van der Waals surface area contributed by atoms with E-state index < -0.39 is 0 Å². The van der Waals surface area contributed by atoms with Crippen molar-refractivity contribution in [3.63, 3.8) is 0 Å². The molecule has 2 aromatic carbocycles. The van der Waals surface area contributed by atoms with Gasteiger partial charge in [-0.15, -0.1) is 0 Å². The Bertz CT molecular complexity index is 825. The minimum absolute atomic E-state index is 0.0779. The third kappa shape index (κ3) is 2.74. The average Bonchev–Trinajstić information content (AvgIpc) is 3.20. The molecule has 25 heavy (non-hydrogen) atoms. The normalized spacial score (nSPS) is 23.2. The second-order valence-corrected chi connectivity index (χ2v) is 8.84. The summed E-state index contributed by atoms with van der Waals surface area (Å²) in [6.45, 7) is 1.06. The first-order valence-electron chi connectivity index (χ1n) is 8.19. The van der Waals surface area contributed by atoms with Crippen molar-refractivity contribution in [2.45, 2.75) is 17.4 Å². The summed E-state index contributed by atoms with van der Waals surface area (Å²) in [6.07, 6.45) is 2.24. The van der Waals surface area contributed by atoms with Crippen LogP contribution in [0.15, 0.2) is 59.7 Å². The zero-order valence-electron chi connectivity index (χ0n) is 13.8. The van der Waals surface area contributed by atoms with Crippen LogP contribution in [0.1, 0.15) is 18.4 Å². The molecule has 0 radical (unpaired) electrons. The zero-order valence-corrected chi connectivity index (χ0v) is 15.5. The van der Waals surface area contributed by atoms with Crippen molar-refractivity contribution in [3.05, 3.63) is 70.3 Å². The van der Waals surface area contributed by atoms with Gasteiger partial charge in [0.05, 0.1) is 0 Å². The van der Waals surface area contributed by atoms with Crippen LogP contribution in [0.3, 0.4) is 0 Å². The maximum absolute atomic E-state index is 10.9. The summed E-state index contributed by atoms with van der Waals surface area (Å²) in [5.74, 6) is 0. The van der Waals surface area contributed by atoms with E-state index in [4.69, 9.17) is 5.10 Å². The van der Waals surface area contributed by atoms with Gasteiger partial charge >= 0.3 is 152 Å². The van der Waals surface area contributed by atoms with Crippen LogP contribution in [0.25, 0.3) is 0 Å². The maximum atomic E-state index is 10.9. The average molecular weight is 401 g/mol. The Morgan fingerprint density at radius 3 is 2.48 bits per heavy atom. The fourth-order valence-electron chi connectivity index (χ4n) is 3.37. The molecule has 0 aliphatic carbocycles. The molecule has 0 aromatic heterocycles. The third-order valence-corrected chi connectivity index (χ3v) is 7.90. The van der Waals surface area contributed by atoms with Crippen LogP contribution < -0.4 is 5.01 Å². The molecule has 2 aliphatic heterocycles. The number of non-ortho nitro benzene ring substituents is 1. The van der Waals surface area contributed by atoms with Gasteiger partial charge in [0.2, 0.25) is 0 Å². The van der Waals surface area contributed by atoms with E-state index in [0.717, 1.165) is 35.2 Å². The topological polar surface area (TPSA) is 62.0 Å². The number of hydrogen-bond donors (Lipinski definition) is 0. The van der Waals surface area contributed by atoms with Crippen LogP contribution in [0.4, 0.5) is 11.4 Å². The molecule has 7 heteroatoms. The molecule has 128 valence electrons. The number of hydrazone groups is 1. The van der Waals surface area contributed by atoms with Gasteiger partial charge in [-0.05, 0) is 0 Å². The van der Waals surface area contributed by atoms with Gasteiger partial charge in [0.25, 0.3) is 0 Å². The van der Waals surface area contributed by atoms with Crippen LogP contribution in [-0.4, -0.2) is 47.5 Å². The molecule has 1 fully saturated rings. The number of para-hydroxylation sites is 1. The van der Waals surface area contributed by atoms with E-state index in [1.807, 2.05) is 30.3 Å². The summed E-state index contributed by atoms with van der Waals surface area (Å²) < 4.78 is 0.964. The van der Waals surface area contributed by atoms with E-state index in [1.54, 1.807) is 12.1 Å². The molecule has 1 atom stereocenters. The molecule has 1 unspecified atom stereocenters. The molecule has 2 heterocycles. The van der Waals surface area contributed by atoms with E-state index >= 15 is 0 Å². The predicted molar refractivity (Wildman–Crippen MR) is 98.9 cm³/mol. The fourth-order valence-corrected chi connectivity index (χ4v) is 6.33. The van der Waals surface area contributed by atoms with Crippen molar-refractivity contribution < 1.29 is 4.92 Å². The van der Waals surface area contributed by atoms with Crippen LogP contribution in [-0.2, 0) is 0 Å². The van der Waals surface area contributed by atoms with Crippen LogP contribution >= 0.6 is 0 Å². The second-order valence-electron chi connectivity index (χ2n) is 6.23. The van der Waals surface area contributed by atoms with Gasteiger partial charge in [-0.25, -0.2) is 0 Å². The van der Waals surface area contributed by atoms with E-state index in [-0.39, 0.29) is 30.1 Å². The van der Waals surface area contributed by atoms with Gasteiger partial charge in [-0.1, -0.05) is 0 Å². The molecule has 0 bridgehead atoms. The summed E-state index contributed by atoms with van der Waals surface area (Å²) in [6, 6.07) is 17.0. The van der Waals surface area contributed by atoms with E-state index in [0.29, 0.717) is 0 Å². The second kappa shape index (κ2) is 6.26. The molecule has 4 rings (SSSR count). The molecule has 6 nitrogen and oxygen atoms in total. The quantitative estimate of drug-likeness (QED) is 0.451. The Morgan fingerprint density at radius 1 is 1.16 bits per heavy atom. The van der Waals surface area contributed by atoms with E-state index in [2.05, 4.69) is 29.1 Å². The number of rotatable bonds is 3. The first kappa shape index (κ1) is 16.3. The minimum atomic E-state index is -0.367. The first-order chi connectivity index (χ1) is 12.1. The number of benzene rings is 2. The van der Waals surface area contributed by atoms with Gasteiger partial charge in [0, 0.05) is 0 Å². The van der Waals surface area contributed by atoms with E-state index in [1.165, 1.54) is 0 Å². The van der Waals surface area contributed by atoms with Crippen LogP contribution in [0.5, 0.6) is 0 Å². The summed E-state index contributed by atoms with van der Waals surface area (Å²) in [5.41, 5.74) is 2.18. The van der Waals surface area contributed by atoms with Crippen molar-refractivity contribution in [3.8, 4) is 0 Å². The predicted octanol–water partition coefficient (Wildman–Crippen LogP) is 2.86.